The van der Waals surface area contributed by atoms with E-state index in [2.05, 4.69) is 17.9 Å². The number of rotatable bonds is 2. The number of carbonyl (C=O) groups is 1. The van der Waals surface area contributed by atoms with Gasteiger partial charge in [0.1, 0.15) is 0 Å². The number of benzene rings is 1. The molecule has 1 N–H and O–H groups in total. The molecule has 1 heterocycles. The quantitative estimate of drug-likeness (QED) is 0.807. The molecule has 1 atom stereocenters. The van der Waals surface area contributed by atoms with E-state index in [1.54, 1.807) is 0 Å². The SMILES string of the molecule is Cc1ccc(S)cc1C(=O)NC1CCCSC1. The summed E-state index contributed by atoms with van der Waals surface area (Å²) in [6.07, 6.45) is 2.29. The van der Waals surface area contributed by atoms with Crippen LogP contribution in [-0.4, -0.2) is 23.5 Å². The first-order valence-electron chi connectivity index (χ1n) is 5.85. The molecule has 1 amide bonds. The number of nitrogens with one attached hydrogen (secondary N) is 1. The number of amides is 1. The third-order valence-corrected chi connectivity index (χ3v) is 4.45. The summed E-state index contributed by atoms with van der Waals surface area (Å²) >= 11 is 6.20. The Morgan fingerprint density at radius 2 is 2.35 bits per heavy atom. The van der Waals surface area contributed by atoms with Crippen LogP contribution in [0.2, 0.25) is 0 Å². The van der Waals surface area contributed by atoms with Crippen LogP contribution >= 0.6 is 24.4 Å². The summed E-state index contributed by atoms with van der Waals surface area (Å²) in [7, 11) is 0. The van der Waals surface area contributed by atoms with Gasteiger partial charge in [0, 0.05) is 22.3 Å². The van der Waals surface area contributed by atoms with Gasteiger partial charge in [-0.1, -0.05) is 6.07 Å². The van der Waals surface area contributed by atoms with E-state index in [9.17, 15) is 4.79 Å². The Balaban J connectivity index is 2.05. The third-order valence-electron chi connectivity index (χ3n) is 2.96. The van der Waals surface area contributed by atoms with Crippen LogP contribution in [0, 0.1) is 6.92 Å². The number of hydrogen-bond donors (Lipinski definition) is 2. The van der Waals surface area contributed by atoms with Gasteiger partial charge < -0.3 is 5.32 Å². The predicted molar refractivity (Wildman–Crippen MR) is 76.2 cm³/mol. The van der Waals surface area contributed by atoms with Crippen LogP contribution in [0.5, 0.6) is 0 Å². The Kier molecular flexibility index (Phi) is 4.40. The molecule has 0 aliphatic carbocycles. The van der Waals surface area contributed by atoms with Crippen molar-refractivity contribution in [2.75, 3.05) is 11.5 Å². The van der Waals surface area contributed by atoms with Crippen molar-refractivity contribution in [2.24, 2.45) is 0 Å². The van der Waals surface area contributed by atoms with Crippen LogP contribution < -0.4 is 5.32 Å². The minimum Gasteiger partial charge on any atom is -0.348 e. The van der Waals surface area contributed by atoms with Gasteiger partial charge in [-0.25, -0.2) is 0 Å². The molecular formula is C13H17NOS2. The molecule has 1 fully saturated rings. The first-order chi connectivity index (χ1) is 8.16. The third kappa shape index (κ3) is 3.42. The van der Waals surface area contributed by atoms with Crippen molar-refractivity contribution in [3.8, 4) is 0 Å². The second kappa shape index (κ2) is 5.83. The average molecular weight is 267 g/mol. The molecular weight excluding hydrogens is 250 g/mol. The van der Waals surface area contributed by atoms with E-state index in [1.807, 2.05) is 36.9 Å². The number of thioether (sulfide) groups is 1. The molecule has 1 aromatic carbocycles. The molecule has 0 spiro atoms. The monoisotopic (exact) mass is 267 g/mol. The van der Waals surface area contributed by atoms with Crippen LogP contribution in [0.15, 0.2) is 23.1 Å². The lowest BCUT2D eigenvalue weighted by atomic mass is 10.1. The lowest BCUT2D eigenvalue weighted by molar-refractivity contribution is 0.0938. The largest absolute Gasteiger partial charge is 0.348 e. The fourth-order valence-electron chi connectivity index (χ4n) is 1.97. The van der Waals surface area contributed by atoms with Crippen molar-refractivity contribution in [3.05, 3.63) is 29.3 Å². The number of thiol groups is 1. The van der Waals surface area contributed by atoms with Gasteiger partial charge in [0.15, 0.2) is 0 Å². The molecule has 0 saturated carbocycles. The van der Waals surface area contributed by atoms with E-state index in [0.717, 1.165) is 28.2 Å². The molecule has 2 nitrogen and oxygen atoms in total. The normalized spacial score (nSPS) is 20.0. The topological polar surface area (TPSA) is 29.1 Å². The van der Waals surface area contributed by atoms with Crippen LogP contribution in [0.4, 0.5) is 0 Å². The van der Waals surface area contributed by atoms with Gasteiger partial charge in [-0.15, -0.1) is 12.6 Å². The summed E-state index contributed by atoms with van der Waals surface area (Å²) in [5.74, 6) is 2.29. The molecule has 92 valence electrons. The van der Waals surface area contributed by atoms with E-state index in [-0.39, 0.29) is 5.91 Å². The van der Waals surface area contributed by atoms with Gasteiger partial charge in [-0.2, -0.15) is 11.8 Å². The summed E-state index contributed by atoms with van der Waals surface area (Å²) in [6.45, 7) is 1.96. The maximum Gasteiger partial charge on any atom is 0.251 e. The van der Waals surface area contributed by atoms with Crippen molar-refractivity contribution < 1.29 is 4.79 Å². The van der Waals surface area contributed by atoms with Crippen LogP contribution in [-0.2, 0) is 0 Å². The Hall–Kier alpha value is -0.610. The summed E-state index contributed by atoms with van der Waals surface area (Å²) < 4.78 is 0. The summed E-state index contributed by atoms with van der Waals surface area (Å²) in [5, 5.41) is 3.11. The number of carbonyl (C=O) groups excluding carboxylic acids is 1. The molecule has 1 unspecified atom stereocenters. The second-order valence-electron chi connectivity index (χ2n) is 4.39. The molecule has 1 aromatic rings. The van der Waals surface area contributed by atoms with Crippen LogP contribution in [0.3, 0.4) is 0 Å². The van der Waals surface area contributed by atoms with Gasteiger partial charge in [0.2, 0.25) is 0 Å². The highest BCUT2D eigenvalue weighted by molar-refractivity contribution is 7.99. The van der Waals surface area contributed by atoms with Crippen LogP contribution in [0.25, 0.3) is 0 Å². The van der Waals surface area contributed by atoms with Gasteiger partial charge >= 0.3 is 0 Å². The summed E-state index contributed by atoms with van der Waals surface area (Å²) in [5.41, 5.74) is 1.75. The second-order valence-corrected chi connectivity index (χ2v) is 6.05. The molecule has 1 aliphatic rings. The van der Waals surface area contributed by atoms with Gasteiger partial charge in [0.25, 0.3) is 5.91 Å². The molecule has 1 aliphatic heterocycles. The predicted octanol–water partition coefficient (Wildman–Crippen LogP) is 2.91. The van der Waals surface area contributed by atoms with Crippen molar-refractivity contribution in [1.82, 2.24) is 5.32 Å². The zero-order valence-electron chi connectivity index (χ0n) is 9.90. The zero-order valence-corrected chi connectivity index (χ0v) is 11.6. The smallest absolute Gasteiger partial charge is 0.251 e. The first kappa shape index (κ1) is 12.8. The van der Waals surface area contributed by atoms with E-state index >= 15 is 0 Å². The lowest BCUT2D eigenvalue weighted by Crippen LogP contribution is -2.38. The van der Waals surface area contributed by atoms with E-state index < -0.39 is 0 Å². The van der Waals surface area contributed by atoms with Crippen molar-refractivity contribution in [2.45, 2.75) is 30.7 Å². The minimum absolute atomic E-state index is 0.0332. The fourth-order valence-corrected chi connectivity index (χ4v) is 3.25. The molecule has 0 bridgehead atoms. The van der Waals surface area contributed by atoms with Crippen molar-refractivity contribution >= 4 is 30.3 Å². The summed E-state index contributed by atoms with van der Waals surface area (Å²) in [4.78, 5) is 13.0. The van der Waals surface area contributed by atoms with Crippen LogP contribution in [0.1, 0.15) is 28.8 Å². The van der Waals surface area contributed by atoms with Crippen molar-refractivity contribution in [3.63, 3.8) is 0 Å². The average Bonchev–Trinajstić information content (AvgIpc) is 2.33. The number of aryl methyl sites for hydroxylation is 1. The lowest BCUT2D eigenvalue weighted by Gasteiger charge is -2.22. The highest BCUT2D eigenvalue weighted by Gasteiger charge is 2.17. The van der Waals surface area contributed by atoms with E-state index in [0.29, 0.717) is 6.04 Å². The van der Waals surface area contributed by atoms with E-state index in [4.69, 9.17) is 0 Å². The first-order valence-corrected chi connectivity index (χ1v) is 7.45. The highest BCUT2D eigenvalue weighted by Crippen LogP contribution is 2.18. The Bertz CT molecular complexity index is 414. The Morgan fingerprint density at radius 1 is 1.53 bits per heavy atom. The van der Waals surface area contributed by atoms with Gasteiger partial charge in [-0.3, -0.25) is 4.79 Å². The van der Waals surface area contributed by atoms with Gasteiger partial charge in [-0.05, 0) is 43.2 Å². The molecule has 0 aromatic heterocycles. The molecule has 1 saturated heterocycles. The zero-order chi connectivity index (χ0) is 12.3. The van der Waals surface area contributed by atoms with Crippen molar-refractivity contribution in [1.29, 1.82) is 0 Å². The minimum atomic E-state index is 0.0332. The number of hydrogen-bond acceptors (Lipinski definition) is 3. The maximum atomic E-state index is 12.1. The van der Waals surface area contributed by atoms with Gasteiger partial charge in [0.05, 0.1) is 0 Å². The summed E-state index contributed by atoms with van der Waals surface area (Å²) in [6, 6.07) is 6.01. The van der Waals surface area contributed by atoms with E-state index in [1.165, 1.54) is 12.2 Å². The molecule has 2 rings (SSSR count). The molecule has 0 radical (unpaired) electrons. The molecule has 17 heavy (non-hydrogen) atoms. The Morgan fingerprint density at radius 3 is 3.06 bits per heavy atom. The standard InChI is InChI=1S/C13H17NOS2/c1-9-4-5-11(16)7-12(9)13(15)14-10-3-2-6-17-8-10/h4-5,7,10,16H,2-3,6,8H2,1H3,(H,14,15). The fraction of sp³-hybridized carbons (Fsp3) is 0.462. The maximum absolute atomic E-state index is 12.1. The highest BCUT2D eigenvalue weighted by atomic mass is 32.2. The molecule has 4 heteroatoms. The Labute approximate surface area is 112 Å².